The van der Waals surface area contributed by atoms with Gasteiger partial charge in [-0.05, 0) is 37.2 Å². The number of H-pyrrole nitrogens is 1. The zero-order valence-corrected chi connectivity index (χ0v) is 15.1. The smallest absolute Gasteiger partial charge is 0.360 e. The van der Waals surface area contributed by atoms with Crippen molar-refractivity contribution >= 4 is 28.6 Å². The second-order valence-corrected chi connectivity index (χ2v) is 7.50. The number of aromatic amines is 1. The van der Waals surface area contributed by atoms with Crippen LogP contribution in [0.15, 0.2) is 41.6 Å². The fourth-order valence-electron chi connectivity index (χ4n) is 3.26. The van der Waals surface area contributed by atoms with E-state index in [0.29, 0.717) is 11.5 Å². The van der Waals surface area contributed by atoms with Gasteiger partial charge in [-0.1, -0.05) is 18.2 Å². The number of alkyl halides is 3. The second kappa shape index (κ2) is 7.40. The van der Waals surface area contributed by atoms with Crippen molar-refractivity contribution in [2.45, 2.75) is 29.3 Å². The summed E-state index contributed by atoms with van der Waals surface area (Å²) in [7, 11) is 0. The third-order valence-corrected chi connectivity index (χ3v) is 5.21. The van der Waals surface area contributed by atoms with Crippen LogP contribution in [0.1, 0.15) is 12.8 Å². The summed E-state index contributed by atoms with van der Waals surface area (Å²) in [5.41, 5.74) is -2.66. The number of anilines is 1. The maximum absolute atomic E-state index is 13.0. The SMILES string of the molecule is FC(F)(F)Sc1cnc(NC2CCCNC2)nc1-c1c[nH]c2ccccc12. The molecule has 0 spiro atoms. The van der Waals surface area contributed by atoms with Crippen LogP contribution in [0.5, 0.6) is 0 Å². The minimum atomic E-state index is -4.41. The molecule has 4 rings (SSSR count). The molecule has 0 amide bonds. The largest absolute Gasteiger partial charge is 0.446 e. The summed E-state index contributed by atoms with van der Waals surface area (Å²) < 4.78 is 39.1. The molecule has 3 aromatic rings. The Kier molecular flexibility index (Phi) is 4.96. The van der Waals surface area contributed by atoms with Crippen LogP contribution in [-0.4, -0.2) is 39.6 Å². The number of aromatic nitrogens is 3. The van der Waals surface area contributed by atoms with Gasteiger partial charge in [0, 0.05) is 41.4 Å². The van der Waals surface area contributed by atoms with E-state index in [-0.39, 0.29) is 28.4 Å². The number of hydrogen-bond acceptors (Lipinski definition) is 5. The van der Waals surface area contributed by atoms with Crippen molar-refractivity contribution in [2.24, 2.45) is 0 Å². The van der Waals surface area contributed by atoms with Gasteiger partial charge in [0.05, 0.1) is 10.6 Å². The number of halogens is 3. The molecule has 1 saturated heterocycles. The quantitative estimate of drug-likeness (QED) is 0.574. The summed E-state index contributed by atoms with van der Waals surface area (Å²) in [4.78, 5) is 11.7. The van der Waals surface area contributed by atoms with Gasteiger partial charge in [0.2, 0.25) is 5.95 Å². The molecule has 0 saturated carbocycles. The van der Waals surface area contributed by atoms with Gasteiger partial charge in [0.1, 0.15) is 0 Å². The number of rotatable bonds is 4. The van der Waals surface area contributed by atoms with E-state index in [1.54, 1.807) is 6.20 Å². The Balaban J connectivity index is 1.74. The van der Waals surface area contributed by atoms with Crippen LogP contribution >= 0.6 is 11.8 Å². The highest BCUT2D eigenvalue weighted by molar-refractivity contribution is 8.00. The standard InChI is InChI=1S/C18H18F3N5S/c19-18(20,21)27-15-10-24-17(25-11-4-3-7-22-8-11)26-16(15)13-9-23-14-6-2-1-5-12(13)14/h1-2,5-6,9-11,22-23H,3-4,7-8H2,(H,24,25,26). The first-order valence-corrected chi connectivity index (χ1v) is 9.48. The zero-order valence-electron chi connectivity index (χ0n) is 14.3. The first kappa shape index (κ1) is 18.1. The molecular formula is C18H18F3N5S. The fraction of sp³-hybridized carbons (Fsp3) is 0.333. The molecule has 9 heteroatoms. The topological polar surface area (TPSA) is 65.6 Å². The Morgan fingerprint density at radius 2 is 2.07 bits per heavy atom. The molecule has 142 valence electrons. The number of nitrogens with one attached hydrogen (secondary N) is 3. The van der Waals surface area contributed by atoms with Crippen molar-refractivity contribution in [3.8, 4) is 11.3 Å². The number of thioether (sulfide) groups is 1. The Morgan fingerprint density at radius 3 is 2.85 bits per heavy atom. The highest BCUT2D eigenvalue weighted by atomic mass is 32.2. The van der Waals surface area contributed by atoms with E-state index in [1.165, 1.54) is 6.20 Å². The van der Waals surface area contributed by atoms with Crippen LogP contribution in [0, 0.1) is 0 Å². The summed E-state index contributed by atoms with van der Waals surface area (Å²) >= 11 is -0.190. The summed E-state index contributed by atoms with van der Waals surface area (Å²) in [6.45, 7) is 1.76. The number of hydrogen-bond donors (Lipinski definition) is 3. The van der Waals surface area contributed by atoms with E-state index < -0.39 is 5.51 Å². The monoisotopic (exact) mass is 393 g/mol. The third kappa shape index (κ3) is 4.19. The minimum Gasteiger partial charge on any atom is -0.360 e. The van der Waals surface area contributed by atoms with E-state index in [4.69, 9.17) is 0 Å². The Morgan fingerprint density at radius 1 is 1.22 bits per heavy atom. The second-order valence-electron chi connectivity index (χ2n) is 6.39. The number of fused-ring (bicyclic) bond motifs is 1. The van der Waals surface area contributed by atoms with Crippen LogP contribution in [0.25, 0.3) is 22.2 Å². The van der Waals surface area contributed by atoms with Crippen molar-refractivity contribution in [1.29, 1.82) is 0 Å². The summed E-state index contributed by atoms with van der Waals surface area (Å²) in [6, 6.07) is 7.63. The highest BCUT2D eigenvalue weighted by Crippen LogP contribution is 2.42. The molecule has 3 N–H and O–H groups in total. The van der Waals surface area contributed by atoms with Crippen molar-refractivity contribution in [3.63, 3.8) is 0 Å². The average Bonchev–Trinajstić information content (AvgIpc) is 3.07. The van der Waals surface area contributed by atoms with E-state index in [9.17, 15) is 13.2 Å². The Hall–Kier alpha value is -2.26. The van der Waals surface area contributed by atoms with Crippen molar-refractivity contribution in [3.05, 3.63) is 36.7 Å². The highest BCUT2D eigenvalue weighted by Gasteiger charge is 2.32. The molecule has 0 radical (unpaired) electrons. The maximum Gasteiger partial charge on any atom is 0.446 e. The molecule has 2 aromatic heterocycles. The maximum atomic E-state index is 13.0. The normalized spacial score (nSPS) is 18.0. The van der Waals surface area contributed by atoms with Crippen molar-refractivity contribution < 1.29 is 13.2 Å². The molecule has 27 heavy (non-hydrogen) atoms. The van der Waals surface area contributed by atoms with Crippen molar-refractivity contribution in [1.82, 2.24) is 20.3 Å². The lowest BCUT2D eigenvalue weighted by Crippen LogP contribution is -2.38. The summed E-state index contributed by atoms with van der Waals surface area (Å²) in [6.07, 6.45) is 4.95. The lowest BCUT2D eigenvalue weighted by molar-refractivity contribution is -0.0328. The molecule has 1 aromatic carbocycles. The van der Waals surface area contributed by atoms with E-state index in [1.807, 2.05) is 24.3 Å². The minimum absolute atomic E-state index is 0.0143. The molecule has 1 fully saturated rings. The first-order chi connectivity index (χ1) is 13.0. The van der Waals surface area contributed by atoms with Crippen LogP contribution in [0.4, 0.5) is 19.1 Å². The predicted octanol–water partition coefficient (Wildman–Crippen LogP) is 4.40. The van der Waals surface area contributed by atoms with Gasteiger partial charge in [0.25, 0.3) is 0 Å². The molecule has 1 aliphatic heterocycles. The lowest BCUT2D eigenvalue weighted by atomic mass is 10.1. The van der Waals surface area contributed by atoms with Gasteiger partial charge < -0.3 is 15.6 Å². The molecule has 3 heterocycles. The van der Waals surface area contributed by atoms with Gasteiger partial charge in [-0.25, -0.2) is 9.97 Å². The van der Waals surface area contributed by atoms with Crippen LogP contribution < -0.4 is 10.6 Å². The van der Waals surface area contributed by atoms with E-state index in [2.05, 4.69) is 25.6 Å². The number of benzene rings is 1. The van der Waals surface area contributed by atoms with Crippen molar-refractivity contribution in [2.75, 3.05) is 18.4 Å². The van der Waals surface area contributed by atoms with Gasteiger partial charge in [-0.15, -0.1) is 0 Å². The predicted molar refractivity (Wildman–Crippen MR) is 101 cm³/mol. The summed E-state index contributed by atoms with van der Waals surface area (Å²) in [5.74, 6) is 0.343. The average molecular weight is 393 g/mol. The Labute approximate surface area is 158 Å². The Bertz CT molecular complexity index is 934. The lowest BCUT2D eigenvalue weighted by Gasteiger charge is -2.24. The van der Waals surface area contributed by atoms with E-state index in [0.717, 1.165) is 36.8 Å². The van der Waals surface area contributed by atoms with Gasteiger partial charge >= 0.3 is 5.51 Å². The summed E-state index contributed by atoms with van der Waals surface area (Å²) in [5, 5.41) is 7.35. The fourth-order valence-corrected chi connectivity index (χ4v) is 3.86. The first-order valence-electron chi connectivity index (χ1n) is 8.66. The number of para-hydroxylation sites is 1. The number of piperidine rings is 1. The molecule has 1 unspecified atom stereocenters. The molecule has 0 aliphatic carbocycles. The van der Waals surface area contributed by atoms with Gasteiger partial charge in [-0.2, -0.15) is 13.2 Å². The molecular weight excluding hydrogens is 375 g/mol. The van der Waals surface area contributed by atoms with Crippen LogP contribution in [0.2, 0.25) is 0 Å². The van der Waals surface area contributed by atoms with Gasteiger partial charge in [0.15, 0.2) is 0 Å². The van der Waals surface area contributed by atoms with E-state index >= 15 is 0 Å². The third-order valence-electron chi connectivity index (χ3n) is 4.46. The molecule has 1 aliphatic rings. The number of nitrogens with zero attached hydrogens (tertiary/aromatic N) is 2. The molecule has 5 nitrogen and oxygen atoms in total. The van der Waals surface area contributed by atoms with Crippen LogP contribution in [0.3, 0.4) is 0 Å². The molecule has 1 atom stereocenters. The zero-order chi connectivity index (χ0) is 18.9. The van der Waals surface area contributed by atoms with Gasteiger partial charge in [-0.3, -0.25) is 0 Å². The molecule has 0 bridgehead atoms. The van der Waals surface area contributed by atoms with Crippen LogP contribution in [-0.2, 0) is 0 Å².